The second-order valence-corrected chi connectivity index (χ2v) is 6.63. The maximum Gasteiger partial charge on any atom is 0.340 e. The van der Waals surface area contributed by atoms with Gasteiger partial charge in [-0.25, -0.2) is 4.79 Å². The molecule has 1 amide bonds. The van der Waals surface area contributed by atoms with E-state index in [0.29, 0.717) is 17.1 Å². The monoisotopic (exact) mass is 405 g/mol. The molecule has 0 spiro atoms. The Hall–Kier alpha value is -3.80. The molecule has 0 aliphatic heterocycles. The Morgan fingerprint density at radius 2 is 1.53 bits per heavy atom. The molecule has 3 aromatic rings. The van der Waals surface area contributed by atoms with Gasteiger partial charge in [0.15, 0.2) is 11.5 Å². The molecule has 0 radical (unpaired) electrons. The van der Waals surface area contributed by atoms with Crippen LogP contribution in [-0.4, -0.2) is 33.2 Å². The van der Waals surface area contributed by atoms with Crippen LogP contribution in [0.4, 0.5) is 5.69 Å². The minimum Gasteiger partial charge on any atom is -0.493 e. The number of fused-ring (bicyclic) bond motifs is 1. The van der Waals surface area contributed by atoms with E-state index in [-0.39, 0.29) is 17.2 Å². The normalized spacial score (nSPS) is 11.1. The van der Waals surface area contributed by atoms with Crippen molar-refractivity contribution in [2.24, 2.45) is 0 Å². The summed E-state index contributed by atoms with van der Waals surface area (Å²) in [6.45, 7) is 1.71. The summed E-state index contributed by atoms with van der Waals surface area (Å²) in [4.78, 5) is 25.0. The van der Waals surface area contributed by atoms with Gasteiger partial charge in [0, 0.05) is 17.7 Å². The number of benzene rings is 3. The first kappa shape index (κ1) is 20.9. The number of amides is 1. The molecule has 3 aromatic carbocycles. The fraction of sp³-hybridized carbons (Fsp3) is 0.167. The van der Waals surface area contributed by atoms with Crippen LogP contribution >= 0.6 is 0 Å². The highest BCUT2D eigenvalue weighted by Crippen LogP contribution is 2.34. The van der Waals surface area contributed by atoms with Gasteiger partial charge in [0.1, 0.15) is 0 Å². The van der Waals surface area contributed by atoms with Crippen molar-refractivity contribution in [3.05, 3.63) is 71.3 Å². The average molecular weight is 405 g/mol. The van der Waals surface area contributed by atoms with Crippen LogP contribution in [0.1, 0.15) is 22.8 Å². The summed E-state index contributed by atoms with van der Waals surface area (Å²) in [5.41, 5.74) is 1.83. The number of carbonyl (C=O) groups excluding carboxylic acids is 2. The van der Waals surface area contributed by atoms with E-state index in [1.54, 1.807) is 13.0 Å². The highest BCUT2D eigenvalue weighted by atomic mass is 16.5. The van der Waals surface area contributed by atoms with E-state index in [1.165, 1.54) is 33.5 Å². The summed E-state index contributed by atoms with van der Waals surface area (Å²) >= 11 is 0. The Kier molecular flexibility index (Phi) is 6.37. The molecule has 1 N–H and O–H groups in total. The van der Waals surface area contributed by atoms with E-state index in [0.717, 1.165) is 16.3 Å². The van der Waals surface area contributed by atoms with Crippen molar-refractivity contribution in [2.75, 3.05) is 26.6 Å². The maximum atomic E-state index is 12.8. The lowest BCUT2D eigenvalue weighted by Crippen LogP contribution is -2.16. The first-order chi connectivity index (χ1) is 14.5. The maximum absolute atomic E-state index is 12.8. The molecule has 3 rings (SSSR count). The standard InChI is InChI=1S/C24H23NO5/c1-15(11-16-9-10-17-7-5-6-8-18(17)12-16)23(26)25-20-14-22(29-3)21(28-2)13-19(20)24(27)30-4/h5-14H,1-4H3,(H,25,26). The molecule has 0 saturated carbocycles. The summed E-state index contributed by atoms with van der Waals surface area (Å²) in [5.74, 6) is -0.195. The van der Waals surface area contributed by atoms with Gasteiger partial charge in [-0.05, 0) is 35.4 Å². The number of anilines is 1. The lowest BCUT2D eigenvalue weighted by molar-refractivity contribution is -0.112. The second kappa shape index (κ2) is 9.13. The van der Waals surface area contributed by atoms with Crippen LogP contribution in [-0.2, 0) is 9.53 Å². The van der Waals surface area contributed by atoms with Crippen LogP contribution in [0.25, 0.3) is 16.8 Å². The molecule has 6 heteroatoms. The molecule has 0 bridgehead atoms. The number of esters is 1. The van der Waals surface area contributed by atoms with Crippen molar-refractivity contribution < 1.29 is 23.8 Å². The molecule has 0 saturated heterocycles. The zero-order chi connectivity index (χ0) is 21.7. The smallest absolute Gasteiger partial charge is 0.340 e. The van der Waals surface area contributed by atoms with E-state index < -0.39 is 5.97 Å². The van der Waals surface area contributed by atoms with Gasteiger partial charge >= 0.3 is 5.97 Å². The summed E-state index contributed by atoms with van der Waals surface area (Å²) in [7, 11) is 4.22. The molecule has 0 unspecified atom stereocenters. The molecular weight excluding hydrogens is 382 g/mol. The molecule has 0 heterocycles. The van der Waals surface area contributed by atoms with Crippen molar-refractivity contribution >= 4 is 34.4 Å². The minimum atomic E-state index is -0.595. The van der Waals surface area contributed by atoms with Gasteiger partial charge < -0.3 is 19.5 Å². The molecule has 0 aromatic heterocycles. The van der Waals surface area contributed by atoms with Crippen LogP contribution in [0.2, 0.25) is 0 Å². The highest BCUT2D eigenvalue weighted by molar-refractivity contribution is 6.10. The third kappa shape index (κ3) is 4.43. The Labute approximate surface area is 175 Å². The number of ether oxygens (including phenoxy) is 3. The van der Waals surface area contributed by atoms with Gasteiger partial charge in [0.25, 0.3) is 5.91 Å². The molecule has 154 valence electrons. The lowest BCUT2D eigenvalue weighted by Gasteiger charge is -2.15. The first-order valence-corrected chi connectivity index (χ1v) is 9.29. The van der Waals surface area contributed by atoms with Crippen molar-refractivity contribution in [3.8, 4) is 11.5 Å². The highest BCUT2D eigenvalue weighted by Gasteiger charge is 2.19. The Morgan fingerprint density at radius 3 is 2.20 bits per heavy atom. The van der Waals surface area contributed by atoms with Gasteiger partial charge in [-0.1, -0.05) is 36.4 Å². The summed E-state index contributed by atoms with van der Waals surface area (Å²) in [5, 5.41) is 4.98. The molecule has 0 fully saturated rings. The van der Waals surface area contributed by atoms with Crippen molar-refractivity contribution in [1.82, 2.24) is 0 Å². The lowest BCUT2D eigenvalue weighted by atomic mass is 10.0. The van der Waals surface area contributed by atoms with Crippen molar-refractivity contribution in [3.63, 3.8) is 0 Å². The molecule has 6 nitrogen and oxygen atoms in total. The van der Waals surface area contributed by atoms with E-state index >= 15 is 0 Å². The van der Waals surface area contributed by atoms with E-state index in [2.05, 4.69) is 5.32 Å². The molecule has 0 aliphatic carbocycles. The summed E-state index contributed by atoms with van der Waals surface area (Å²) in [6.07, 6.45) is 1.79. The number of methoxy groups -OCH3 is 3. The van der Waals surface area contributed by atoms with Gasteiger partial charge in [-0.15, -0.1) is 0 Å². The topological polar surface area (TPSA) is 73.9 Å². The third-order valence-electron chi connectivity index (χ3n) is 4.69. The number of hydrogen-bond acceptors (Lipinski definition) is 5. The number of hydrogen-bond donors (Lipinski definition) is 1. The Balaban J connectivity index is 1.91. The van der Waals surface area contributed by atoms with Crippen LogP contribution in [0.3, 0.4) is 0 Å². The van der Waals surface area contributed by atoms with Crippen LogP contribution in [0, 0.1) is 0 Å². The van der Waals surface area contributed by atoms with Gasteiger partial charge in [-0.3, -0.25) is 4.79 Å². The minimum absolute atomic E-state index is 0.169. The quantitative estimate of drug-likeness (QED) is 0.476. The molecule has 30 heavy (non-hydrogen) atoms. The van der Waals surface area contributed by atoms with Crippen molar-refractivity contribution in [2.45, 2.75) is 6.92 Å². The molecule has 0 aliphatic rings. The average Bonchev–Trinajstić information content (AvgIpc) is 2.77. The van der Waals surface area contributed by atoms with Gasteiger partial charge in [0.2, 0.25) is 0 Å². The zero-order valence-electron chi connectivity index (χ0n) is 17.3. The largest absolute Gasteiger partial charge is 0.493 e. The predicted octanol–water partition coefficient (Wildman–Crippen LogP) is 4.69. The molecular formula is C24H23NO5. The van der Waals surface area contributed by atoms with E-state index in [1.807, 2.05) is 42.5 Å². The van der Waals surface area contributed by atoms with Crippen molar-refractivity contribution in [1.29, 1.82) is 0 Å². The first-order valence-electron chi connectivity index (χ1n) is 9.29. The van der Waals surface area contributed by atoms with Crippen LogP contribution < -0.4 is 14.8 Å². The third-order valence-corrected chi connectivity index (χ3v) is 4.69. The second-order valence-electron chi connectivity index (χ2n) is 6.63. The summed E-state index contributed by atoms with van der Waals surface area (Å²) in [6, 6.07) is 17.0. The van der Waals surface area contributed by atoms with Crippen LogP contribution in [0.5, 0.6) is 11.5 Å². The van der Waals surface area contributed by atoms with Gasteiger partial charge in [-0.2, -0.15) is 0 Å². The van der Waals surface area contributed by atoms with Crippen LogP contribution in [0.15, 0.2) is 60.2 Å². The Bertz CT molecular complexity index is 1130. The van der Waals surface area contributed by atoms with E-state index in [9.17, 15) is 9.59 Å². The zero-order valence-corrected chi connectivity index (χ0v) is 17.3. The number of carbonyl (C=O) groups is 2. The fourth-order valence-corrected chi connectivity index (χ4v) is 3.10. The van der Waals surface area contributed by atoms with Gasteiger partial charge in [0.05, 0.1) is 32.6 Å². The van der Waals surface area contributed by atoms with E-state index in [4.69, 9.17) is 14.2 Å². The number of rotatable bonds is 6. The number of nitrogens with one attached hydrogen (secondary N) is 1. The predicted molar refractivity (Wildman–Crippen MR) is 117 cm³/mol. The summed E-state index contributed by atoms with van der Waals surface area (Å²) < 4.78 is 15.3. The fourth-order valence-electron chi connectivity index (χ4n) is 3.10. The molecule has 0 atom stereocenters. The Morgan fingerprint density at radius 1 is 0.867 bits per heavy atom. The SMILES string of the molecule is COC(=O)c1cc(OC)c(OC)cc1NC(=O)C(C)=Cc1ccc2ccccc2c1.